The molecule has 0 bridgehead atoms. The first-order valence-electron chi connectivity index (χ1n) is 7.68. The lowest BCUT2D eigenvalue weighted by molar-refractivity contribution is 0.413. The van der Waals surface area contributed by atoms with Gasteiger partial charge in [-0.15, -0.1) is 0 Å². The van der Waals surface area contributed by atoms with E-state index in [1.54, 1.807) is 19.2 Å². The van der Waals surface area contributed by atoms with Crippen molar-refractivity contribution in [2.75, 3.05) is 18.6 Å². The van der Waals surface area contributed by atoms with Gasteiger partial charge in [0.1, 0.15) is 5.75 Å². The lowest BCUT2D eigenvalue weighted by Gasteiger charge is -2.26. The number of methoxy groups -OCH3 is 1. The molecule has 0 aliphatic carbocycles. The first-order chi connectivity index (χ1) is 12.0. The van der Waals surface area contributed by atoms with Gasteiger partial charge in [0.2, 0.25) is 0 Å². The van der Waals surface area contributed by atoms with Gasteiger partial charge in [-0.3, -0.25) is 10.8 Å². The molecule has 25 heavy (non-hydrogen) atoms. The molecule has 0 unspecified atom stereocenters. The number of thioether (sulfide) groups is 1. The minimum absolute atomic E-state index is 0.104. The summed E-state index contributed by atoms with van der Waals surface area (Å²) in [6.45, 7) is 1.95. The summed E-state index contributed by atoms with van der Waals surface area (Å²) < 4.78 is 5.32. The average Bonchev–Trinajstić information content (AvgIpc) is 2.64. The standard InChI is InChI=1S/C18H19N5OS/c1-11-7-8-12(9-14(11)19)15-10-25-18(21)23(22-15)17(20)13-5-3-4-6-16(13)24-2/h3-9,20-21H,10,19H2,1-2H3. The number of ether oxygens (including phenoxy) is 1. The van der Waals surface area contributed by atoms with E-state index in [0.29, 0.717) is 22.8 Å². The molecule has 0 amide bonds. The smallest absolute Gasteiger partial charge is 0.183 e. The van der Waals surface area contributed by atoms with Crippen LogP contribution in [0.15, 0.2) is 47.6 Å². The molecule has 4 N–H and O–H groups in total. The summed E-state index contributed by atoms with van der Waals surface area (Å²) in [6.07, 6.45) is 0. The van der Waals surface area contributed by atoms with Crippen molar-refractivity contribution in [2.24, 2.45) is 5.10 Å². The zero-order valence-electron chi connectivity index (χ0n) is 14.0. The van der Waals surface area contributed by atoms with E-state index in [1.165, 1.54) is 16.8 Å². The van der Waals surface area contributed by atoms with Crippen molar-refractivity contribution in [3.05, 3.63) is 59.2 Å². The number of aryl methyl sites for hydroxylation is 1. The second kappa shape index (κ2) is 6.98. The predicted octanol–water partition coefficient (Wildman–Crippen LogP) is 3.30. The van der Waals surface area contributed by atoms with Crippen molar-refractivity contribution in [2.45, 2.75) is 6.92 Å². The minimum Gasteiger partial charge on any atom is -0.496 e. The number of amidine groups is 2. The quantitative estimate of drug-likeness (QED) is 0.448. The molecule has 2 aromatic carbocycles. The summed E-state index contributed by atoms with van der Waals surface area (Å²) in [5.41, 5.74) is 10.00. The Morgan fingerprint density at radius 2 is 2.04 bits per heavy atom. The highest BCUT2D eigenvalue weighted by Crippen LogP contribution is 2.25. The molecular weight excluding hydrogens is 334 g/mol. The van der Waals surface area contributed by atoms with Crippen molar-refractivity contribution in [3.8, 4) is 5.75 Å². The van der Waals surface area contributed by atoms with Gasteiger partial charge in [-0.05, 0) is 30.7 Å². The molecule has 0 fully saturated rings. The number of hydrazone groups is 1. The van der Waals surface area contributed by atoms with E-state index in [9.17, 15) is 0 Å². The lowest BCUT2D eigenvalue weighted by atomic mass is 10.1. The summed E-state index contributed by atoms with van der Waals surface area (Å²) >= 11 is 1.33. The van der Waals surface area contributed by atoms with Gasteiger partial charge < -0.3 is 10.5 Å². The van der Waals surface area contributed by atoms with Crippen LogP contribution in [0.2, 0.25) is 0 Å². The van der Waals surface area contributed by atoms with Crippen LogP contribution in [-0.4, -0.2) is 34.6 Å². The van der Waals surface area contributed by atoms with Gasteiger partial charge >= 0.3 is 0 Å². The number of para-hydroxylation sites is 1. The molecular formula is C18H19N5OS. The van der Waals surface area contributed by atoms with Crippen LogP contribution in [0.4, 0.5) is 5.69 Å². The van der Waals surface area contributed by atoms with Crippen molar-refractivity contribution in [3.63, 3.8) is 0 Å². The zero-order valence-corrected chi connectivity index (χ0v) is 14.9. The molecule has 0 atom stereocenters. The molecule has 3 rings (SSSR count). The maximum absolute atomic E-state index is 8.49. The molecule has 128 valence electrons. The van der Waals surface area contributed by atoms with Gasteiger partial charge in [0, 0.05) is 17.0 Å². The molecule has 0 aromatic heterocycles. The summed E-state index contributed by atoms with van der Waals surface area (Å²) in [6, 6.07) is 13.0. The lowest BCUT2D eigenvalue weighted by Crippen LogP contribution is -2.35. The van der Waals surface area contributed by atoms with E-state index in [0.717, 1.165) is 16.8 Å². The first kappa shape index (κ1) is 17.0. The number of nitrogens with one attached hydrogen (secondary N) is 2. The molecule has 0 saturated heterocycles. The van der Waals surface area contributed by atoms with E-state index >= 15 is 0 Å². The van der Waals surface area contributed by atoms with E-state index in [-0.39, 0.29) is 11.0 Å². The van der Waals surface area contributed by atoms with Crippen molar-refractivity contribution < 1.29 is 4.74 Å². The van der Waals surface area contributed by atoms with Gasteiger partial charge in [0.05, 0.1) is 18.4 Å². The molecule has 6 nitrogen and oxygen atoms in total. The molecule has 1 aliphatic rings. The molecule has 1 aliphatic heterocycles. The summed E-state index contributed by atoms with van der Waals surface area (Å²) in [4.78, 5) is 0. The van der Waals surface area contributed by atoms with Crippen LogP contribution in [-0.2, 0) is 0 Å². The fourth-order valence-corrected chi connectivity index (χ4v) is 3.21. The topological polar surface area (TPSA) is 98.6 Å². The van der Waals surface area contributed by atoms with E-state index < -0.39 is 0 Å². The van der Waals surface area contributed by atoms with Crippen molar-refractivity contribution in [1.82, 2.24) is 5.01 Å². The Labute approximate surface area is 150 Å². The SMILES string of the molecule is COc1ccccc1C(=N)N1N=C(c2ccc(C)c(N)c2)CSC1=N. The fourth-order valence-electron chi connectivity index (χ4n) is 2.46. The monoisotopic (exact) mass is 353 g/mol. The number of nitrogens with two attached hydrogens (primary N) is 1. The summed E-state index contributed by atoms with van der Waals surface area (Å²) in [7, 11) is 1.56. The highest BCUT2D eigenvalue weighted by atomic mass is 32.2. The number of nitrogens with zero attached hydrogens (tertiary/aromatic N) is 2. The van der Waals surface area contributed by atoms with Gasteiger partial charge in [0.15, 0.2) is 11.0 Å². The largest absolute Gasteiger partial charge is 0.496 e. The number of hydrogen-bond acceptors (Lipinski definition) is 6. The third-order valence-corrected chi connectivity index (χ3v) is 4.81. The Morgan fingerprint density at radius 3 is 2.76 bits per heavy atom. The number of rotatable bonds is 3. The molecule has 0 spiro atoms. The van der Waals surface area contributed by atoms with E-state index in [4.69, 9.17) is 21.3 Å². The maximum atomic E-state index is 8.49. The van der Waals surface area contributed by atoms with Crippen LogP contribution < -0.4 is 10.5 Å². The summed E-state index contributed by atoms with van der Waals surface area (Å²) in [5, 5.41) is 22.7. The highest BCUT2D eigenvalue weighted by Gasteiger charge is 2.25. The van der Waals surface area contributed by atoms with Crippen LogP contribution in [0.1, 0.15) is 16.7 Å². The van der Waals surface area contributed by atoms with Crippen LogP contribution >= 0.6 is 11.8 Å². The van der Waals surface area contributed by atoms with Crippen molar-refractivity contribution in [1.29, 1.82) is 10.8 Å². The third-order valence-electron chi connectivity index (χ3n) is 3.95. The zero-order chi connectivity index (χ0) is 18.0. The highest BCUT2D eigenvalue weighted by molar-refractivity contribution is 8.14. The molecule has 2 aromatic rings. The van der Waals surface area contributed by atoms with Crippen LogP contribution in [0.3, 0.4) is 0 Å². The molecule has 0 saturated carbocycles. The van der Waals surface area contributed by atoms with Crippen LogP contribution in [0.5, 0.6) is 5.75 Å². The minimum atomic E-state index is 0.104. The van der Waals surface area contributed by atoms with Gasteiger partial charge in [-0.1, -0.05) is 36.0 Å². The third kappa shape index (κ3) is 3.36. The number of benzene rings is 2. The maximum Gasteiger partial charge on any atom is 0.183 e. The normalized spacial score (nSPS) is 14.2. The Balaban J connectivity index is 1.98. The van der Waals surface area contributed by atoms with Crippen molar-refractivity contribution >= 4 is 34.2 Å². The van der Waals surface area contributed by atoms with Crippen LogP contribution in [0.25, 0.3) is 0 Å². The Hall–Kier alpha value is -2.80. The number of hydrogen-bond donors (Lipinski definition) is 3. The first-order valence-corrected chi connectivity index (χ1v) is 8.67. The van der Waals surface area contributed by atoms with E-state index in [2.05, 4.69) is 5.10 Å². The second-order valence-corrected chi connectivity index (χ2v) is 6.54. The van der Waals surface area contributed by atoms with Crippen LogP contribution in [0, 0.1) is 17.7 Å². The molecule has 1 heterocycles. The Kier molecular flexibility index (Phi) is 4.76. The molecule has 7 heteroatoms. The van der Waals surface area contributed by atoms with Gasteiger partial charge in [-0.2, -0.15) is 10.1 Å². The Bertz CT molecular complexity index is 878. The predicted molar refractivity (Wildman–Crippen MR) is 104 cm³/mol. The Morgan fingerprint density at radius 1 is 1.28 bits per heavy atom. The average molecular weight is 353 g/mol. The summed E-state index contributed by atoms with van der Waals surface area (Å²) in [5.74, 6) is 1.25. The van der Waals surface area contributed by atoms with Gasteiger partial charge in [0.25, 0.3) is 0 Å². The number of nitrogen functional groups attached to an aromatic ring is 1. The fraction of sp³-hybridized carbons (Fsp3) is 0.167. The van der Waals surface area contributed by atoms with E-state index in [1.807, 2.05) is 37.3 Å². The second-order valence-electron chi connectivity index (χ2n) is 5.57. The van der Waals surface area contributed by atoms with Gasteiger partial charge in [-0.25, -0.2) is 0 Å². The molecule has 0 radical (unpaired) electrons. The number of anilines is 1.